The van der Waals surface area contributed by atoms with Gasteiger partial charge in [0.15, 0.2) is 0 Å². The Balaban J connectivity index is 1.77. The number of hydrogen-bond donors (Lipinski definition) is 0. The van der Waals surface area contributed by atoms with Crippen LogP contribution in [0.2, 0.25) is 0 Å². The molecule has 2 fully saturated rings. The van der Waals surface area contributed by atoms with Gasteiger partial charge in [-0.2, -0.15) is 0 Å². The molecular formula is C16H23N3O2. The number of ether oxygens (including phenoxy) is 1. The molecule has 0 radical (unpaired) electrons. The average molecular weight is 289 g/mol. The number of carbonyl (C=O) groups excluding carboxylic acids is 1. The van der Waals surface area contributed by atoms with Gasteiger partial charge in [-0.25, -0.2) is 4.98 Å². The van der Waals surface area contributed by atoms with Crippen LogP contribution in [0.3, 0.4) is 0 Å². The van der Waals surface area contributed by atoms with Crippen molar-refractivity contribution in [2.45, 2.75) is 37.8 Å². The molecule has 1 aromatic rings. The summed E-state index contributed by atoms with van der Waals surface area (Å²) in [6, 6.07) is 4.01. The van der Waals surface area contributed by atoms with Gasteiger partial charge in [0.25, 0.3) is 5.91 Å². The second-order valence-corrected chi connectivity index (χ2v) is 6.06. The molecule has 1 amide bonds. The van der Waals surface area contributed by atoms with E-state index in [9.17, 15) is 4.79 Å². The molecule has 5 nitrogen and oxygen atoms in total. The Hall–Kier alpha value is -1.62. The summed E-state index contributed by atoms with van der Waals surface area (Å²) in [5, 5.41) is 0. The molecule has 1 aromatic heterocycles. The van der Waals surface area contributed by atoms with Gasteiger partial charge in [-0.05, 0) is 25.0 Å². The van der Waals surface area contributed by atoms with Gasteiger partial charge in [-0.15, -0.1) is 0 Å². The van der Waals surface area contributed by atoms with Gasteiger partial charge in [0.2, 0.25) is 0 Å². The predicted molar refractivity (Wildman–Crippen MR) is 81.6 cm³/mol. The molecule has 2 aliphatic rings. The van der Waals surface area contributed by atoms with Gasteiger partial charge < -0.3 is 14.5 Å². The Labute approximate surface area is 125 Å². The normalized spacial score (nSPS) is 25.3. The van der Waals surface area contributed by atoms with E-state index in [1.807, 2.05) is 36.0 Å². The highest BCUT2D eigenvalue weighted by molar-refractivity contribution is 5.94. The fraction of sp³-hybridized carbons (Fsp3) is 0.625. The van der Waals surface area contributed by atoms with Gasteiger partial charge in [0.1, 0.15) is 5.82 Å². The first-order chi connectivity index (χ1) is 10.2. The van der Waals surface area contributed by atoms with E-state index in [1.54, 1.807) is 6.20 Å². The minimum atomic E-state index is 0.0907. The lowest BCUT2D eigenvalue weighted by atomic mass is 9.90. The van der Waals surface area contributed by atoms with Gasteiger partial charge in [0.05, 0.1) is 24.3 Å². The zero-order chi connectivity index (χ0) is 14.8. The third-order valence-electron chi connectivity index (χ3n) is 4.45. The molecule has 2 heterocycles. The lowest BCUT2D eigenvalue weighted by Crippen LogP contribution is -2.54. The molecule has 0 aromatic carbocycles. The van der Waals surface area contributed by atoms with E-state index >= 15 is 0 Å². The second-order valence-electron chi connectivity index (χ2n) is 6.06. The molecule has 3 rings (SSSR count). The Morgan fingerprint density at radius 1 is 1.33 bits per heavy atom. The zero-order valence-electron chi connectivity index (χ0n) is 12.8. The summed E-state index contributed by atoms with van der Waals surface area (Å²) in [4.78, 5) is 21.0. The van der Waals surface area contributed by atoms with Crippen molar-refractivity contribution in [2.24, 2.45) is 0 Å². The topological polar surface area (TPSA) is 45.7 Å². The van der Waals surface area contributed by atoms with Gasteiger partial charge in [-0.3, -0.25) is 4.79 Å². The van der Waals surface area contributed by atoms with Crippen LogP contribution in [0.5, 0.6) is 0 Å². The molecule has 21 heavy (non-hydrogen) atoms. The van der Waals surface area contributed by atoms with Crippen molar-refractivity contribution in [3.63, 3.8) is 0 Å². The molecule has 0 N–H and O–H groups in total. The summed E-state index contributed by atoms with van der Waals surface area (Å²) in [5.74, 6) is 0.956. The first kappa shape index (κ1) is 14.3. The first-order valence-electron chi connectivity index (χ1n) is 7.73. The van der Waals surface area contributed by atoms with Crippen molar-refractivity contribution in [2.75, 3.05) is 32.1 Å². The Morgan fingerprint density at radius 2 is 2.14 bits per heavy atom. The van der Waals surface area contributed by atoms with Crippen LogP contribution in [0, 0.1) is 0 Å². The van der Waals surface area contributed by atoms with E-state index in [0.29, 0.717) is 18.7 Å². The summed E-state index contributed by atoms with van der Waals surface area (Å²) in [6.45, 7) is 1.34. The van der Waals surface area contributed by atoms with E-state index in [1.165, 1.54) is 12.8 Å². The third kappa shape index (κ3) is 2.88. The number of amides is 1. The Bertz CT molecular complexity index is 499. The van der Waals surface area contributed by atoms with Gasteiger partial charge in [0, 0.05) is 26.8 Å². The van der Waals surface area contributed by atoms with Crippen LogP contribution >= 0.6 is 0 Å². The van der Waals surface area contributed by atoms with Gasteiger partial charge >= 0.3 is 0 Å². The minimum absolute atomic E-state index is 0.0907. The molecule has 114 valence electrons. The maximum absolute atomic E-state index is 12.8. The van der Waals surface area contributed by atoms with Crippen molar-refractivity contribution < 1.29 is 9.53 Å². The molecule has 0 unspecified atom stereocenters. The largest absolute Gasteiger partial charge is 0.374 e. The van der Waals surface area contributed by atoms with Crippen molar-refractivity contribution in [1.29, 1.82) is 0 Å². The quantitative estimate of drug-likeness (QED) is 0.834. The van der Waals surface area contributed by atoms with Crippen LogP contribution in [0.4, 0.5) is 5.82 Å². The van der Waals surface area contributed by atoms with Crippen LogP contribution in [-0.4, -0.2) is 55.2 Å². The van der Waals surface area contributed by atoms with Crippen LogP contribution in [0.25, 0.3) is 0 Å². The monoisotopic (exact) mass is 289 g/mol. The number of carbonyl (C=O) groups is 1. The van der Waals surface area contributed by atoms with E-state index in [-0.39, 0.29) is 18.1 Å². The highest BCUT2D eigenvalue weighted by Gasteiger charge is 2.36. The van der Waals surface area contributed by atoms with Crippen molar-refractivity contribution in [3.05, 3.63) is 23.9 Å². The molecule has 2 atom stereocenters. The molecule has 0 spiro atoms. The maximum atomic E-state index is 12.8. The summed E-state index contributed by atoms with van der Waals surface area (Å²) in [6.07, 6.45) is 6.44. The summed E-state index contributed by atoms with van der Waals surface area (Å²) in [5.41, 5.74) is 0.673. The van der Waals surface area contributed by atoms with E-state index < -0.39 is 0 Å². The number of anilines is 1. The molecule has 0 bridgehead atoms. The number of nitrogens with zero attached hydrogens (tertiary/aromatic N) is 3. The highest BCUT2D eigenvalue weighted by atomic mass is 16.5. The first-order valence-corrected chi connectivity index (χ1v) is 7.73. The van der Waals surface area contributed by atoms with E-state index in [0.717, 1.165) is 18.7 Å². The SMILES string of the molecule is CN(C)c1ccc(C(=O)N2CCO[C@H]3CCCC[C@@H]32)cn1. The van der Waals surface area contributed by atoms with Crippen molar-refractivity contribution in [1.82, 2.24) is 9.88 Å². The minimum Gasteiger partial charge on any atom is -0.374 e. The standard InChI is InChI=1S/C16H23N3O2/c1-18(2)15-8-7-12(11-17-15)16(20)19-9-10-21-14-6-4-3-5-13(14)19/h7-8,11,13-14H,3-6,9-10H2,1-2H3/t13-,14-/m0/s1. The molecule has 1 saturated carbocycles. The Morgan fingerprint density at radius 3 is 2.86 bits per heavy atom. The van der Waals surface area contributed by atoms with Crippen LogP contribution in [-0.2, 0) is 4.74 Å². The number of rotatable bonds is 2. The Kier molecular flexibility index (Phi) is 4.10. The molecule has 1 aliphatic carbocycles. The average Bonchev–Trinajstić information content (AvgIpc) is 2.53. The van der Waals surface area contributed by atoms with Crippen LogP contribution in [0.1, 0.15) is 36.0 Å². The number of fused-ring (bicyclic) bond motifs is 1. The zero-order valence-corrected chi connectivity index (χ0v) is 12.8. The summed E-state index contributed by atoms with van der Waals surface area (Å²) >= 11 is 0. The summed E-state index contributed by atoms with van der Waals surface area (Å²) in [7, 11) is 3.89. The number of morpholine rings is 1. The molecule has 5 heteroatoms. The molecular weight excluding hydrogens is 266 g/mol. The lowest BCUT2D eigenvalue weighted by Gasteiger charge is -2.43. The fourth-order valence-corrected chi connectivity index (χ4v) is 3.29. The van der Waals surface area contributed by atoms with Crippen LogP contribution < -0.4 is 4.90 Å². The van der Waals surface area contributed by atoms with E-state index in [2.05, 4.69) is 4.98 Å². The lowest BCUT2D eigenvalue weighted by molar-refractivity contribution is -0.0752. The molecule has 1 saturated heterocycles. The van der Waals surface area contributed by atoms with Crippen molar-refractivity contribution in [3.8, 4) is 0 Å². The number of hydrogen-bond acceptors (Lipinski definition) is 4. The smallest absolute Gasteiger partial charge is 0.255 e. The van der Waals surface area contributed by atoms with Gasteiger partial charge in [-0.1, -0.05) is 12.8 Å². The molecule has 1 aliphatic heterocycles. The van der Waals surface area contributed by atoms with Crippen LogP contribution in [0.15, 0.2) is 18.3 Å². The maximum Gasteiger partial charge on any atom is 0.255 e. The highest BCUT2D eigenvalue weighted by Crippen LogP contribution is 2.29. The number of aromatic nitrogens is 1. The fourth-order valence-electron chi connectivity index (χ4n) is 3.29. The second kappa shape index (κ2) is 6.02. The number of pyridine rings is 1. The third-order valence-corrected chi connectivity index (χ3v) is 4.45. The predicted octanol–water partition coefficient (Wildman–Crippen LogP) is 1.93. The van der Waals surface area contributed by atoms with Crippen molar-refractivity contribution >= 4 is 11.7 Å². The van der Waals surface area contributed by atoms with E-state index in [4.69, 9.17) is 4.74 Å². The summed E-state index contributed by atoms with van der Waals surface area (Å²) < 4.78 is 5.83.